The van der Waals surface area contributed by atoms with Crippen LogP contribution in [0.15, 0.2) is 44.9 Å². The Kier molecular flexibility index (Phi) is 4.81. The van der Waals surface area contributed by atoms with Gasteiger partial charge in [0.1, 0.15) is 12.2 Å². The van der Waals surface area contributed by atoms with Crippen molar-refractivity contribution in [3.63, 3.8) is 0 Å². The fraction of sp³-hybridized carbons (Fsp3) is 0.263. The van der Waals surface area contributed by atoms with Crippen LogP contribution in [0.25, 0.3) is 11.0 Å². The Morgan fingerprint density at radius 3 is 2.75 bits per heavy atom. The molecular weight excluding hydrogens is 324 g/mol. The van der Waals surface area contributed by atoms with Crippen molar-refractivity contribution in [1.29, 1.82) is 0 Å². The van der Waals surface area contributed by atoms with Gasteiger partial charge in [-0.15, -0.1) is 11.3 Å². The molecule has 0 aliphatic rings. The second-order valence-electron chi connectivity index (χ2n) is 5.76. The molecule has 0 aliphatic carbocycles. The van der Waals surface area contributed by atoms with Crippen molar-refractivity contribution in [3.05, 3.63) is 67.7 Å². The third-order valence-electron chi connectivity index (χ3n) is 3.99. The lowest BCUT2D eigenvalue weighted by molar-refractivity contribution is -0.144. The van der Waals surface area contributed by atoms with Gasteiger partial charge in [0.05, 0.1) is 6.42 Å². The molecule has 0 saturated heterocycles. The van der Waals surface area contributed by atoms with E-state index in [0.717, 1.165) is 21.4 Å². The lowest BCUT2D eigenvalue weighted by Gasteiger charge is -2.09. The van der Waals surface area contributed by atoms with E-state index in [0.29, 0.717) is 24.0 Å². The highest BCUT2D eigenvalue weighted by Gasteiger charge is 2.11. The molecule has 0 fully saturated rings. The number of aryl methyl sites for hydroxylation is 3. The minimum Gasteiger partial charge on any atom is -0.461 e. The third kappa shape index (κ3) is 3.74. The summed E-state index contributed by atoms with van der Waals surface area (Å²) in [6.45, 7) is 4.04. The minimum absolute atomic E-state index is 0.0773. The zero-order valence-corrected chi connectivity index (χ0v) is 14.4. The Balaban J connectivity index is 1.73. The van der Waals surface area contributed by atoms with Gasteiger partial charge < -0.3 is 9.15 Å². The lowest BCUT2D eigenvalue weighted by Crippen LogP contribution is -2.08. The van der Waals surface area contributed by atoms with E-state index in [2.05, 4.69) is 0 Å². The van der Waals surface area contributed by atoms with Gasteiger partial charge in [0, 0.05) is 21.9 Å². The van der Waals surface area contributed by atoms with Gasteiger partial charge >= 0.3 is 11.6 Å². The number of thiophene rings is 1. The number of benzene rings is 1. The maximum absolute atomic E-state index is 11.9. The average molecular weight is 342 g/mol. The van der Waals surface area contributed by atoms with Gasteiger partial charge in [-0.25, -0.2) is 4.79 Å². The van der Waals surface area contributed by atoms with Gasteiger partial charge in [0.2, 0.25) is 0 Å². The van der Waals surface area contributed by atoms with Crippen LogP contribution in [0.2, 0.25) is 0 Å². The molecule has 0 atom stereocenters. The van der Waals surface area contributed by atoms with Gasteiger partial charge in [0.15, 0.2) is 0 Å². The van der Waals surface area contributed by atoms with Crippen molar-refractivity contribution >= 4 is 28.3 Å². The molecule has 24 heavy (non-hydrogen) atoms. The van der Waals surface area contributed by atoms with Gasteiger partial charge in [-0.2, -0.15) is 0 Å². The molecule has 5 heteroatoms. The fourth-order valence-corrected chi connectivity index (χ4v) is 3.22. The van der Waals surface area contributed by atoms with E-state index in [1.54, 1.807) is 11.3 Å². The van der Waals surface area contributed by atoms with Crippen LogP contribution in [0.4, 0.5) is 0 Å². The van der Waals surface area contributed by atoms with E-state index in [-0.39, 0.29) is 12.6 Å². The molecule has 0 radical (unpaired) electrons. The summed E-state index contributed by atoms with van der Waals surface area (Å²) in [4.78, 5) is 24.8. The second kappa shape index (κ2) is 7.01. The van der Waals surface area contributed by atoms with Crippen molar-refractivity contribution in [1.82, 2.24) is 0 Å². The smallest absolute Gasteiger partial charge is 0.336 e. The van der Waals surface area contributed by atoms with Crippen LogP contribution in [0.1, 0.15) is 28.0 Å². The average Bonchev–Trinajstić information content (AvgIpc) is 3.06. The summed E-state index contributed by atoms with van der Waals surface area (Å²) < 4.78 is 10.6. The van der Waals surface area contributed by atoms with Crippen LogP contribution >= 0.6 is 11.3 Å². The monoisotopic (exact) mass is 342 g/mol. The Hall–Kier alpha value is -2.40. The minimum atomic E-state index is -0.435. The normalized spacial score (nSPS) is 10.9. The van der Waals surface area contributed by atoms with E-state index >= 15 is 0 Å². The zero-order chi connectivity index (χ0) is 17.1. The lowest BCUT2D eigenvalue weighted by atomic mass is 10.0. The zero-order valence-electron chi connectivity index (χ0n) is 13.6. The highest BCUT2D eigenvalue weighted by atomic mass is 32.1. The van der Waals surface area contributed by atoms with Crippen molar-refractivity contribution in [2.75, 3.05) is 0 Å². The van der Waals surface area contributed by atoms with Crippen LogP contribution in [0.3, 0.4) is 0 Å². The fourth-order valence-electron chi connectivity index (χ4n) is 2.51. The molecule has 0 N–H and O–H groups in total. The Morgan fingerprint density at radius 2 is 2.00 bits per heavy atom. The molecule has 1 aromatic carbocycles. The van der Waals surface area contributed by atoms with Crippen LogP contribution < -0.4 is 5.63 Å². The van der Waals surface area contributed by atoms with E-state index in [1.165, 1.54) is 6.07 Å². The van der Waals surface area contributed by atoms with Gasteiger partial charge in [-0.05, 0) is 55.0 Å². The van der Waals surface area contributed by atoms with Gasteiger partial charge in [-0.3, -0.25) is 4.79 Å². The number of hydrogen-bond acceptors (Lipinski definition) is 5. The first kappa shape index (κ1) is 16.5. The largest absolute Gasteiger partial charge is 0.461 e. The first-order valence-corrected chi connectivity index (χ1v) is 8.63. The molecule has 0 aliphatic heterocycles. The summed E-state index contributed by atoms with van der Waals surface area (Å²) in [5.41, 5.74) is 2.91. The summed E-state index contributed by atoms with van der Waals surface area (Å²) in [7, 11) is 0. The number of esters is 1. The van der Waals surface area contributed by atoms with Crippen LogP contribution in [0, 0.1) is 13.8 Å². The summed E-state index contributed by atoms with van der Waals surface area (Å²) >= 11 is 1.62. The van der Waals surface area contributed by atoms with E-state index < -0.39 is 5.63 Å². The van der Waals surface area contributed by atoms with Crippen molar-refractivity contribution < 1.29 is 13.9 Å². The number of carbonyl (C=O) groups is 1. The molecule has 0 amide bonds. The van der Waals surface area contributed by atoms with Crippen LogP contribution in [0.5, 0.6) is 0 Å². The Labute approximate surface area is 143 Å². The summed E-state index contributed by atoms with van der Waals surface area (Å²) in [6, 6.07) is 9.16. The maximum atomic E-state index is 11.9. The standard InChI is InChI=1S/C19H18O4S/c1-12-8-16-14(10-19(21)23-17(16)9-13(12)2)11-22-18(20)6-5-15-4-3-7-24-15/h3-4,7-10H,5-6,11H2,1-2H3. The highest BCUT2D eigenvalue weighted by molar-refractivity contribution is 7.09. The molecule has 4 nitrogen and oxygen atoms in total. The molecule has 2 aromatic heterocycles. The highest BCUT2D eigenvalue weighted by Crippen LogP contribution is 2.22. The van der Waals surface area contributed by atoms with Crippen LogP contribution in [-0.2, 0) is 22.6 Å². The number of ether oxygens (including phenoxy) is 1. The van der Waals surface area contributed by atoms with E-state index in [1.807, 2.05) is 43.5 Å². The Bertz CT molecular complexity index is 922. The maximum Gasteiger partial charge on any atom is 0.336 e. The molecule has 0 spiro atoms. The predicted octanol–water partition coefficient (Wildman–Crippen LogP) is 4.15. The summed E-state index contributed by atoms with van der Waals surface area (Å²) in [5.74, 6) is -0.270. The summed E-state index contributed by atoms with van der Waals surface area (Å²) in [5, 5.41) is 2.80. The van der Waals surface area contributed by atoms with Crippen LogP contribution in [-0.4, -0.2) is 5.97 Å². The quantitative estimate of drug-likeness (QED) is 0.516. The van der Waals surface area contributed by atoms with Crippen molar-refractivity contribution in [2.24, 2.45) is 0 Å². The molecule has 3 rings (SSSR count). The molecule has 2 heterocycles. The first-order chi connectivity index (χ1) is 11.5. The number of fused-ring (bicyclic) bond motifs is 1. The van der Waals surface area contributed by atoms with Crippen molar-refractivity contribution in [3.8, 4) is 0 Å². The Morgan fingerprint density at radius 1 is 1.21 bits per heavy atom. The van der Waals surface area contributed by atoms with E-state index in [4.69, 9.17) is 9.15 Å². The van der Waals surface area contributed by atoms with Crippen molar-refractivity contribution in [2.45, 2.75) is 33.3 Å². The van der Waals surface area contributed by atoms with Gasteiger partial charge in [-0.1, -0.05) is 6.07 Å². The number of carbonyl (C=O) groups excluding carboxylic acids is 1. The van der Waals surface area contributed by atoms with E-state index in [9.17, 15) is 9.59 Å². The number of hydrogen-bond donors (Lipinski definition) is 0. The first-order valence-electron chi connectivity index (χ1n) is 7.75. The SMILES string of the molecule is Cc1cc2oc(=O)cc(COC(=O)CCc3cccs3)c2cc1C. The topological polar surface area (TPSA) is 56.5 Å². The number of rotatable bonds is 5. The molecule has 0 bridgehead atoms. The molecule has 124 valence electrons. The third-order valence-corrected chi connectivity index (χ3v) is 4.92. The molecule has 3 aromatic rings. The molecular formula is C19H18O4S. The molecule has 0 saturated carbocycles. The predicted molar refractivity (Wildman–Crippen MR) is 94.4 cm³/mol. The molecule has 0 unspecified atom stereocenters. The van der Waals surface area contributed by atoms with Gasteiger partial charge in [0.25, 0.3) is 0 Å². The summed E-state index contributed by atoms with van der Waals surface area (Å²) in [6.07, 6.45) is 1.00. The second-order valence-corrected chi connectivity index (χ2v) is 6.80.